The van der Waals surface area contributed by atoms with Gasteiger partial charge in [-0.3, -0.25) is 9.52 Å². The van der Waals surface area contributed by atoms with Crippen molar-refractivity contribution in [2.24, 2.45) is 0 Å². The normalized spacial score (nSPS) is 12.1. The van der Waals surface area contributed by atoms with Crippen LogP contribution in [0.25, 0.3) is 0 Å². The smallest absolute Gasteiger partial charge is 0.333 e. The molecule has 1 atom stereocenters. The number of ether oxygens (including phenoxy) is 1. The molecular formula is C18H20N2O5S. The van der Waals surface area contributed by atoms with Crippen LogP contribution in [0.5, 0.6) is 0 Å². The molecule has 0 saturated heterocycles. The zero-order valence-corrected chi connectivity index (χ0v) is 15.2. The molecule has 0 spiro atoms. The van der Waals surface area contributed by atoms with Crippen LogP contribution in [0.1, 0.15) is 24.1 Å². The molecule has 0 aliphatic carbocycles. The van der Waals surface area contributed by atoms with E-state index in [0.29, 0.717) is 17.7 Å². The van der Waals surface area contributed by atoms with Crippen molar-refractivity contribution < 1.29 is 22.7 Å². The quantitative estimate of drug-likeness (QED) is 0.543. The summed E-state index contributed by atoms with van der Waals surface area (Å²) >= 11 is 0. The molecule has 2 aromatic carbocycles. The first-order valence-electron chi connectivity index (χ1n) is 7.93. The third-order valence-corrected chi connectivity index (χ3v) is 4.98. The molecule has 0 aliphatic heterocycles. The number of hydrogen-bond acceptors (Lipinski definition) is 5. The second-order valence-electron chi connectivity index (χ2n) is 5.51. The molecule has 0 aromatic heterocycles. The van der Waals surface area contributed by atoms with E-state index in [1.54, 1.807) is 31.2 Å². The fourth-order valence-corrected chi connectivity index (χ4v) is 3.33. The summed E-state index contributed by atoms with van der Waals surface area (Å²) in [7, 11) is -3.71. The lowest BCUT2D eigenvalue weighted by atomic mass is 10.1. The lowest BCUT2D eigenvalue weighted by molar-refractivity contribution is -0.146. The number of anilines is 1. The molecule has 0 saturated carbocycles. The van der Waals surface area contributed by atoms with Gasteiger partial charge in [0.05, 0.1) is 11.5 Å². The molecule has 0 radical (unpaired) electrons. The number of amides is 1. The molecule has 0 fully saturated rings. The molecule has 8 heteroatoms. The predicted octanol–water partition coefficient (Wildman–Crippen LogP) is 2.15. The minimum absolute atomic E-state index is 0.152. The number of hydrogen-bond donors (Lipinski definition) is 2. The third kappa shape index (κ3) is 4.82. The number of rotatable bonds is 8. The molecule has 138 valence electrons. The van der Waals surface area contributed by atoms with Crippen LogP contribution < -0.4 is 10.0 Å². The van der Waals surface area contributed by atoms with Gasteiger partial charge in [-0.25, -0.2) is 13.2 Å². The largest absolute Gasteiger partial charge is 0.464 e. The summed E-state index contributed by atoms with van der Waals surface area (Å²) < 4.78 is 32.2. The van der Waals surface area contributed by atoms with Gasteiger partial charge >= 0.3 is 5.97 Å². The Hall–Kier alpha value is -2.87. The summed E-state index contributed by atoms with van der Waals surface area (Å²) in [6, 6.07) is 11.7. The number of aryl methyl sites for hydroxylation is 1. The van der Waals surface area contributed by atoms with Crippen LogP contribution >= 0.6 is 0 Å². The van der Waals surface area contributed by atoms with Gasteiger partial charge in [0.2, 0.25) is 6.41 Å². The zero-order valence-electron chi connectivity index (χ0n) is 14.4. The Balaban J connectivity index is 2.19. The second-order valence-corrected chi connectivity index (χ2v) is 7.19. The summed E-state index contributed by atoms with van der Waals surface area (Å²) in [6.07, 6.45) is 0.412. The highest BCUT2D eigenvalue weighted by atomic mass is 32.2. The number of benzene rings is 2. The molecule has 0 aliphatic rings. The SMILES string of the molecule is CCOC(=O)C(NC=O)c1ccc(NS(=O)(=O)c2ccc(C)cc2)cc1. The van der Waals surface area contributed by atoms with E-state index < -0.39 is 22.0 Å². The van der Waals surface area contributed by atoms with E-state index in [4.69, 9.17) is 4.74 Å². The first-order valence-corrected chi connectivity index (χ1v) is 9.41. The number of carbonyl (C=O) groups is 2. The van der Waals surface area contributed by atoms with Gasteiger partial charge in [0.15, 0.2) is 6.04 Å². The van der Waals surface area contributed by atoms with Crippen LogP contribution in [0.15, 0.2) is 53.4 Å². The van der Waals surface area contributed by atoms with Gasteiger partial charge < -0.3 is 10.1 Å². The summed E-state index contributed by atoms with van der Waals surface area (Å²) in [5.74, 6) is -0.590. The highest BCUT2D eigenvalue weighted by Gasteiger charge is 2.21. The van der Waals surface area contributed by atoms with Crippen LogP contribution in [0.4, 0.5) is 5.69 Å². The lowest BCUT2D eigenvalue weighted by Crippen LogP contribution is -2.29. The van der Waals surface area contributed by atoms with E-state index in [-0.39, 0.29) is 11.5 Å². The Labute approximate surface area is 152 Å². The van der Waals surface area contributed by atoms with Crippen LogP contribution in [-0.4, -0.2) is 27.4 Å². The van der Waals surface area contributed by atoms with E-state index in [1.165, 1.54) is 24.3 Å². The summed E-state index contributed by atoms with van der Waals surface area (Å²) in [5.41, 5.74) is 1.78. The van der Waals surface area contributed by atoms with Crippen molar-refractivity contribution in [3.05, 3.63) is 59.7 Å². The van der Waals surface area contributed by atoms with Gasteiger partial charge in [-0.2, -0.15) is 0 Å². The number of carbonyl (C=O) groups excluding carboxylic acids is 2. The molecule has 7 nitrogen and oxygen atoms in total. The average Bonchev–Trinajstić information content (AvgIpc) is 2.61. The Morgan fingerprint density at radius 1 is 1.12 bits per heavy atom. The van der Waals surface area contributed by atoms with E-state index in [1.807, 2.05) is 6.92 Å². The molecule has 2 rings (SSSR count). The van der Waals surface area contributed by atoms with Crippen molar-refractivity contribution in [1.29, 1.82) is 0 Å². The van der Waals surface area contributed by atoms with Crippen molar-refractivity contribution >= 4 is 28.1 Å². The highest BCUT2D eigenvalue weighted by molar-refractivity contribution is 7.92. The molecule has 1 unspecified atom stereocenters. The van der Waals surface area contributed by atoms with Gasteiger partial charge in [0, 0.05) is 5.69 Å². The first-order chi connectivity index (χ1) is 12.4. The highest BCUT2D eigenvalue weighted by Crippen LogP contribution is 2.20. The summed E-state index contributed by atoms with van der Waals surface area (Å²) in [5, 5.41) is 2.39. The topological polar surface area (TPSA) is 102 Å². The molecule has 26 heavy (non-hydrogen) atoms. The standard InChI is InChI=1S/C18H20N2O5S/c1-3-25-18(22)17(19-12-21)14-6-8-15(9-7-14)20-26(23,24)16-10-4-13(2)5-11-16/h4-12,17,20H,3H2,1-2H3,(H,19,21). The molecule has 1 amide bonds. The first kappa shape index (κ1) is 19.5. The van der Waals surface area contributed by atoms with Crippen molar-refractivity contribution in [2.75, 3.05) is 11.3 Å². The Morgan fingerprint density at radius 3 is 2.27 bits per heavy atom. The fraction of sp³-hybridized carbons (Fsp3) is 0.222. The van der Waals surface area contributed by atoms with E-state index in [9.17, 15) is 18.0 Å². The maximum atomic E-state index is 12.4. The summed E-state index contributed by atoms with van der Waals surface area (Å²) in [4.78, 5) is 22.8. The summed E-state index contributed by atoms with van der Waals surface area (Å²) in [6.45, 7) is 3.72. The van der Waals surface area contributed by atoms with Gasteiger partial charge in [-0.1, -0.05) is 29.8 Å². The maximum Gasteiger partial charge on any atom is 0.333 e. The second kappa shape index (κ2) is 8.48. The molecule has 0 bridgehead atoms. The van der Waals surface area contributed by atoms with Gasteiger partial charge in [-0.15, -0.1) is 0 Å². The molecular weight excluding hydrogens is 356 g/mol. The monoisotopic (exact) mass is 376 g/mol. The number of sulfonamides is 1. The van der Waals surface area contributed by atoms with Crippen molar-refractivity contribution in [3.63, 3.8) is 0 Å². The lowest BCUT2D eigenvalue weighted by Gasteiger charge is -2.15. The van der Waals surface area contributed by atoms with Crippen LogP contribution in [0, 0.1) is 6.92 Å². The van der Waals surface area contributed by atoms with Crippen LogP contribution in [-0.2, 0) is 24.3 Å². The van der Waals surface area contributed by atoms with Crippen LogP contribution in [0.2, 0.25) is 0 Å². The Bertz CT molecular complexity index is 861. The number of esters is 1. The minimum atomic E-state index is -3.71. The zero-order chi connectivity index (χ0) is 19.2. The average molecular weight is 376 g/mol. The maximum absolute atomic E-state index is 12.4. The van der Waals surface area contributed by atoms with E-state index in [2.05, 4.69) is 10.0 Å². The predicted molar refractivity (Wildman–Crippen MR) is 97.0 cm³/mol. The minimum Gasteiger partial charge on any atom is -0.464 e. The fourth-order valence-electron chi connectivity index (χ4n) is 2.27. The molecule has 2 aromatic rings. The molecule has 2 N–H and O–H groups in total. The van der Waals surface area contributed by atoms with E-state index >= 15 is 0 Å². The Morgan fingerprint density at radius 2 is 1.73 bits per heavy atom. The van der Waals surface area contributed by atoms with Crippen LogP contribution in [0.3, 0.4) is 0 Å². The van der Waals surface area contributed by atoms with Gasteiger partial charge in [0.1, 0.15) is 0 Å². The van der Waals surface area contributed by atoms with Gasteiger partial charge in [0.25, 0.3) is 10.0 Å². The van der Waals surface area contributed by atoms with Crippen molar-refractivity contribution in [2.45, 2.75) is 24.8 Å². The third-order valence-electron chi connectivity index (χ3n) is 3.58. The number of nitrogens with one attached hydrogen (secondary N) is 2. The van der Waals surface area contributed by atoms with E-state index in [0.717, 1.165) is 5.56 Å². The van der Waals surface area contributed by atoms with Gasteiger partial charge in [-0.05, 0) is 43.7 Å². The Kier molecular flexibility index (Phi) is 6.35. The molecule has 0 heterocycles. The van der Waals surface area contributed by atoms with Crippen molar-refractivity contribution in [1.82, 2.24) is 5.32 Å². The van der Waals surface area contributed by atoms with Crippen molar-refractivity contribution in [3.8, 4) is 0 Å².